The molecule has 9 aliphatic heterocycles. The lowest BCUT2D eigenvalue weighted by Crippen LogP contribution is -2.46. The first-order valence-electron chi connectivity index (χ1n) is 50.9. The van der Waals surface area contributed by atoms with Crippen LogP contribution in [0.1, 0.15) is 371 Å². The normalized spacial score (nSPS) is 29.2. The number of hydrogen-bond donors (Lipinski definition) is 9. The number of methoxy groups -OCH3 is 1. The summed E-state index contributed by atoms with van der Waals surface area (Å²) in [6.45, 7) is 79.4. The highest BCUT2D eigenvalue weighted by molar-refractivity contribution is 5.78. The van der Waals surface area contributed by atoms with Crippen LogP contribution in [-0.2, 0) is 90.5 Å². The fourth-order valence-corrected chi connectivity index (χ4v) is 25.2. The van der Waals surface area contributed by atoms with Gasteiger partial charge in [0.1, 0.15) is 0 Å². The summed E-state index contributed by atoms with van der Waals surface area (Å²) in [5.74, 6) is -1.92. The summed E-state index contributed by atoms with van der Waals surface area (Å²) in [6.07, 6.45) is 10.1. The molecule has 9 rings (SSSR count). The molecule has 29 nitrogen and oxygen atoms in total. The van der Waals surface area contributed by atoms with Crippen LogP contribution in [0.15, 0.2) is 0 Å². The van der Waals surface area contributed by atoms with Gasteiger partial charge in [-0.25, -0.2) is 0 Å². The molecule has 0 aromatic rings. The molecule has 0 radical (unpaired) electrons. The Morgan fingerprint density at radius 1 is 0.244 bits per heavy atom. The van der Waals surface area contributed by atoms with Crippen molar-refractivity contribution in [3.8, 4) is 0 Å². The maximum Gasteiger partial charge on any atom is 0.320 e. The second-order valence-corrected chi connectivity index (χ2v) is 53.7. The maximum atomic E-state index is 13.3. The van der Waals surface area contributed by atoms with Crippen LogP contribution in [0.5, 0.6) is 0 Å². The van der Waals surface area contributed by atoms with Crippen LogP contribution in [0.4, 0.5) is 0 Å². The molecule has 9 saturated heterocycles. The minimum atomic E-state index is -1.08. The number of esters is 9. The quantitative estimate of drug-likeness (QED) is 0.0203. The lowest BCUT2D eigenvalue weighted by atomic mass is 9.87. The minimum Gasteiger partial charge on any atom is -0.465 e. The van der Waals surface area contributed by atoms with Gasteiger partial charge in [0.15, 0.2) is 0 Å². The van der Waals surface area contributed by atoms with E-state index in [-0.39, 0.29) is 286 Å². The van der Waals surface area contributed by atoms with Crippen LogP contribution in [0, 0.1) is 59.2 Å². The molecule has 29 heteroatoms. The van der Waals surface area contributed by atoms with E-state index in [2.05, 4.69) is 297 Å². The van der Waals surface area contributed by atoms with Crippen molar-refractivity contribution in [3.63, 3.8) is 0 Å². The van der Waals surface area contributed by atoms with E-state index in [4.69, 9.17) is 47.4 Å². The van der Waals surface area contributed by atoms with Crippen LogP contribution >= 0.6 is 0 Å². The van der Waals surface area contributed by atoms with Crippen LogP contribution in [0.2, 0.25) is 0 Å². The predicted octanol–water partition coefficient (Wildman–Crippen LogP) is 14.6. The molecule has 9 N–H and O–H groups in total. The number of ether oxygens (including phenoxy) is 10. The van der Waals surface area contributed by atoms with E-state index in [1.807, 2.05) is 0 Å². The maximum absolute atomic E-state index is 13.3. The van der Waals surface area contributed by atoms with Gasteiger partial charge in [-0.15, -0.1) is 0 Å². The van der Waals surface area contributed by atoms with E-state index in [9.17, 15) is 43.2 Å². The van der Waals surface area contributed by atoms with Crippen molar-refractivity contribution in [2.24, 2.45) is 59.2 Å². The molecule has 0 aliphatic carbocycles. The molecule has 0 spiro atoms. The molecule has 780 valence electrons. The predicted molar refractivity (Wildman–Crippen MR) is 529 cm³/mol. The lowest BCUT2D eigenvalue weighted by Gasteiger charge is -2.32. The summed E-state index contributed by atoms with van der Waals surface area (Å²) < 4.78 is 57.6. The summed E-state index contributed by atoms with van der Waals surface area (Å²) in [7, 11) is 1.53. The number of carbonyl (C=O) groups excluding carboxylic acids is 9. The van der Waals surface area contributed by atoms with E-state index in [1.54, 1.807) is 0 Å². The number of hydrogen-bond acceptors (Lipinski definition) is 29. The molecule has 0 amide bonds. The van der Waals surface area contributed by atoms with Gasteiger partial charge in [-0.2, -0.15) is 0 Å². The molecule has 9 atom stereocenters. The first-order valence-corrected chi connectivity index (χ1v) is 50.9. The van der Waals surface area contributed by atoms with Gasteiger partial charge in [0.2, 0.25) is 0 Å². The number of carbonyl (C=O) groups is 9. The van der Waals surface area contributed by atoms with Gasteiger partial charge in [0, 0.05) is 192 Å². The third kappa shape index (κ3) is 36.3. The first-order chi connectivity index (χ1) is 61.1. The number of rotatable bonds is 41. The molecule has 9 heterocycles. The molecule has 135 heavy (non-hydrogen) atoms. The zero-order valence-corrected chi connectivity index (χ0v) is 91.4. The smallest absolute Gasteiger partial charge is 0.320 e. The molecule has 0 aromatic heterocycles. The van der Waals surface area contributed by atoms with Gasteiger partial charge in [-0.05, 0) is 339 Å². The Balaban J connectivity index is 0.000000276. The summed E-state index contributed by atoms with van der Waals surface area (Å²) in [5.41, 5.74) is -2.68. The van der Waals surface area contributed by atoms with Crippen molar-refractivity contribution in [2.45, 2.75) is 477 Å². The second-order valence-electron chi connectivity index (χ2n) is 53.7. The van der Waals surface area contributed by atoms with Crippen molar-refractivity contribution in [2.75, 3.05) is 86.2 Å². The van der Waals surface area contributed by atoms with Gasteiger partial charge in [0.05, 0.1) is 91.1 Å². The Morgan fingerprint density at radius 3 is 0.578 bits per heavy atom. The summed E-state index contributed by atoms with van der Waals surface area (Å²) in [6, 6.07) is 0. The number of nitrogens with one attached hydrogen (secondary N) is 9. The van der Waals surface area contributed by atoms with Gasteiger partial charge in [-0.3, -0.25) is 48.1 Å². The largest absolute Gasteiger partial charge is 0.465 e. The zero-order valence-electron chi connectivity index (χ0n) is 91.4. The Hall–Kier alpha value is -5.21. The van der Waals surface area contributed by atoms with Crippen molar-refractivity contribution >= 4 is 53.7 Å². The highest BCUT2D eigenvalue weighted by atomic mass is 16.6. The monoisotopic (exact) mass is 1910 g/mol. The Bertz CT molecular complexity index is 3780. The lowest BCUT2D eigenvalue weighted by molar-refractivity contribution is -0.158. The van der Waals surface area contributed by atoms with Crippen LogP contribution in [0.3, 0.4) is 0 Å². The molecule has 0 aromatic carbocycles. The third-order valence-electron chi connectivity index (χ3n) is 31.4. The van der Waals surface area contributed by atoms with Gasteiger partial charge in [0.25, 0.3) is 0 Å². The van der Waals surface area contributed by atoms with E-state index < -0.39 is 29.5 Å². The molecule has 0 saturated carbocycles. The highest BCUT2D eigenvalue weighted by Crippen LogP contribution is 2.45. The van der Waals surface area contributed by atoms with Crippen molar-refractivity contribution in [1.82, 2.24) is 52.8 Å². The Labute approximate surface area is 814 Å². The standard InChI is InChI=1S/C37H67N3O7.C36H65N3O6.C33H60N4O6/c1-31(2)18-25(34(7,8)38-31)22-45-28(41)14-16-37(44-13,21-30(43)47-24-27-20-33(5,6)40-36(27,11)12)17-15-29(42)46-23-26-19-32(3,4)39-35(26,9)10;1-31(2)18-25(34(7,8)37-31)21-43-28(40)15-13-24(17-30(42)45-23-27-20-33(5,6)39-36(27,11)12)14-16-29(41)44-22-26-19-32(3,4)38-35(26,9)10;1-28(2)13-22(31(7,8)34-28)19-41-25(38)16-37(17-26(39)42-20-23-14-29(3,4)35-32(23,9)10)18-27(40)43-21-24-15-30(5,6)36-33(24,11)12/h25-27,38-40H,14-24H2,1-13H3;24-27,37-39H,13-23H2,1-12H3;22-24,34-36H,13-21H2,1-12H3. The topological polar surface area (TPSA) is 357 Å². The van der Waals surface area contributed by atoms with Crippen molar-refractivity contribution in [3.05, 3.63) is 0 Å². The van der Waals surface area contributed by atoms with E-state index >= 15 is 0 Å². The van der Waals surface area contributed by atoms with E-state index in [1.165, 1.54) is 12.0 Å². The third-order valence-corrected chi connectivity index (χ3v) is 31.4. The van der Waals surface area contributed by atoms with Gasteiger partial charge >= 0.3 is 53.7 Å². The van der Waals surface area contributed by atoms with E-state index in [0.717, 1.165) is 57.8 Å². The number of nitrogens with zero attached hydrogens (tertiary/aromatic N) is 1. The summed E-state index contributed by atoms with van der Waals surface area (Å²) >= 11 is 0. The van der Waals surface area contributed by atoms with Crippen molar-refractivity contribution in [1.29, 1.82) is 0 Å². The summed E-state index contributed by atoms with van der Waals surface area (Å²) in [5, 5.41) is 32.5. The molecule has 9 aliphatic rings. The van der Waals surface area contributed by atoms with Crippen LogP contribution < -0.4 is 47.9 Å². The molecule has 9 fully saturated rings. The molecule has 0 bridgehead atoms. The SMILES string of the molecule is CC1(C)CC(COC(=O)CCC(CCC(=O)OCC2CC(C)(C)NC2(C)C)CC(=O)OCC2CC(C)(C)NC2(C)C)C(C)(C)N1.CC1(C)CC(COC(=O)CN(CC(=O)OCC2CC(C)(C)NC2(C)C)CC(=O)OCC2CC(C)(C)NC2(C)C)C(C)(C)N1.COC(CCC(=O)OCC1CC(C)(C)NC1(C)C)(CCC(=O)OCC1CC(C)(C)NC1(C)C)CC(=O)OCC1CC(C)(C)NC1(C)C. The Morgan fingerprint density at radius 2 is 0.407 bits per heavy atom. The average molecular weight is 1910 g/mol. The van der Waals surface area contributed by atoms with Crippen LogP contribution in [-0.4, -0.2) is 250 Å². The minimum absolute atomic E-state index is 0.000396. The van der Waals surface area contributed by atoms with Crippen LogP contribution in [0.25, 0.3) is 0 Å². The molecule has 9 unspecified atom stereocenters. The fourth-order valence-electron chi connectivity index (χ4n) is 25.2. The molecular weight excluding hydrogens is 1720 g/mol. The van der Waals surface area contributed by atoms with Gasteiger partial charge in [-0.1, -0.05) is 0 Å². The van der Waals surface area contributed by atoms with Gasteiger partial charge < -0.3 is 95.2 Å². The summed E-state index contributed by atoms with van der Waals surface area (Å²) in [4.78, 5) is 119. The zero-order chi connectivity index (χ0) is 102. The molecular formula is C106H192N10O19. The Kier molecular flexibility index (Phi) is 38.0. The second kappa shape index (κ2) is 43.9. The average Bonchev–Trinajstić information content (AvgIpc) is 1.70. The fraction of sp³-hybridized carbons (Fsp3) is 0.915. The van der Waals surface area contributed by atoms with Crippen molar-refractivity contribution < 1.29 is 90.5 Å². The van der Waals surface area contributed by atoms with E-state index in [0.29, 0.717) is 45.9 Å². The highest BCUT2D eigenvalue weighted by Gasteiger charge is 2.54. The first kappa shape index (κ1) is 117.